The number of halogens is 2. The van der Waals surface area contributed by atoms with Crippen molar-refractivity contribution in [3.63, 3.8) is 0 Å². The molecule has 1 amide bonds. The largest absolute Gasteiger partial charge is 0.348 e. The third-order valence-electron chi connectivity index (χ3n) is 3.86. The van der Waals surface area contributed by atoms with Crippen molar-refractivity contribution in [1.82, 2.24) is 15.5 Å². The molecule has 1 heterocycles. The van der Waals surface area contributed by atoms with Gasteiger partial charge in [0.1, 0.15) is 11.6 Å². The molecule has 128 valence electrons. The summed E-state index contributed by atoms with van der Waals surface area (Å²) in [6.07, 6.45) is -0.00840. The highest BCUT2D eigenvalue weighted by Gasteiger charge is 2.18. The van der Waals surface area contributed by atoms with Crippen molar-refractivity contribution in [2.75, 3.05) is 0 Å². The Kier molecular flexibility index (Phi) is 4.56. The topological polar surface area (TPSA) is 74.8 Å². The van der Waals surface area contributed by atoms with E-state index in [1.165, 1.54) is 18.2 Å². The number of carbonyl (C=O) groups is 1. The molecule has 3 aromatic rings. The predicted octanol–water partition coefficient (Wildman–Crippen LogP) is 2.56. The molecular weight excluding hydrogens is 328 g/mol. The minimum atomic E-state index is -0.659. The molecule has 0 saturated heterocycles. The molecule has 0 aliphatic rings. The molecule has 0 radical (unpaired) electrons. The minimum absolute atomic E-state index is 0.00840. The lowest BCUT2D eigenvalue weighted by Crippen LogP contribution is -2.35. The van der Waals surface area contributed by atoms with Crippen LogP contribution in [0.15, 0.2) is 47.3 Å². The molecule has 0 aliphatic carbocycles. The van der Waals surface area contributed by atoms with E-state index >= 15 is 0 Å². The number of rotatable bonds is 4. The zero-order chi connectivity index (χ0) is 18.0. The number of amides is 1. The molecule has 1 atom stereocenters. The lowest BCUT2D eigenvalue weighted by atomic mass is 10.1. The van der Waals surface area contributed by atoms with Gasteiger partial charge in [0.15, 0.2) is 5.69 Å². The summed E-state index contributed by atoms with van der Waals surface area (Å²) in [4.78, 5) is 24.2. The van der Waals surface area contributed by atoms with Gasteiger partial charge in [0, 0.05) is 17.0 Å². The van der Waals surface area contributed by atoms with Crippen molar-refractivity contribution >= 4 is 16.7 Å². The van der Waals surface area contributed by atoms with E-state index in [9.17, 15) is 18.4 Å². The molecule has 0 bridgehead atoms. The number of aromatic nitrogens is 2. The molecule has 3 rings (SSSR count). The average Bonchev–Trinajstić information content (AvgIpc) is 2.59. The maximum atomic E-state index is 13.7. The Morgan fingerprint density at radius 1 is 1.12 bits per heavy atom. The van der Waals surface area contributed by atoms with Crippen LogP contribution in [-0.2, 0) is 6.42 Å². The second-order valence-corrected chi connectivity index (χ2v) is 5.73. The molecular formula is C18H15F2N3O2. The number of nitrogens with zero attached hydrogens (tertiary/aromatic N) is 1. The molecule has 0 spiro atoms. The molecule has 7 heteroatoms. The molecule has 25 heavy (non-hydrogen) atoms. The van der Waals surface area contributed by atoms with Gasteiger partial charge in [0.05, 0.1) is 5.39 Å². The molecule has 0 fully saturated rings. The molecule has 5 nitrogen and oxygen atoms in total. The Morgan fingerprint density at radius 3 is 2.44 bits per heavy atom. The maximum Gasteiger partial charge on any atom is 0.272 e. The van der Waals surface area contributed by atoms with Gasteiger partial charge in [-0.05, 0) is 31.5 Å². The van der Waals surface area contributed by atoms with Gasteiger partial charge < -0.3 is 5.32 Å². The van der Waals surface area contributed by atoms with Gasteiger partial charge >= 0.3 is 0 Å². The quantitative estimate of drug-likeness (QED) is 0.764. The van der Waals surface area contributed by atoms with Gasteiger partial charge in [-0.3, -0.25) is 9.59 Å². The first-order valence-electron chi connectivity index (χ1n) is 7.68. The second kappa shape index (κ2) is 6.80. The van der Waals surface area contributed by atoms with Crippen molar-refractivity contribution in [3.8, 4) is 0 Å². The zero-order valence-corrected chi connectivity index (χ0v) is 13.3. The van der Waals surface area contributed by atoms with Crippen LogP contribution in [0.25, 0.3) is 10.8 Å². The van der Waals surface area contributed by atoms with Gasteiger partial charge in [0.25, 0.3) is 11.5 Å². The van der Waals surface area contributed by atoms with Crippen molar-refractivity contribution in [1.29, 1.82) is 0 Å². The molecule has 1 unspecified atom stereocenters. The molecule has 0 saturated carbocycles. The summed E-state index contributed by atoms with van der Waals surface area (Å²) in [6, 6.07) is 9.67. The summed E-state index contributed by atoms with van der Waals surface area (Å²) >= 11 is 0. The van der Waals surface area contributed by atoms with Gasteiger partial charge in [-0.25, -0.2) is 13.9 Å². The highest BCUT2D eigenvalue weighted by molar-refractivity contribution is 6.04. The summed E-state index contributed by atoms with van der Waals surface area (Å²) in [5.74, 6) is -1.85. The number of aromatic amines is 1. The first kappa shape index (κ1) is 16.8. The number of hydrogen-bond acceptors (Lipinski definition) is 3. The molecule has 2 N–H and O–H groups in total. The highest BCUT2D eigenvalue weighted by atomic mass is 19.1. The second-order valence-electron chi connectivity index (χ2n) is 5.73. The number of H-pyrrole nitrogens is 1. The fourth-order valence-electron chi connectivity index (χ4n) is 2.66. The van der Waals surface area contributed by atoms with Crippen LogP contribution in [0.2, 0.25) is 0 Å². The Bertz CT molecular complexity index is 981. The van der Waals surface area contributed by atoms with Crippen LogP contribution >= 0.6 is 0 Å². The van der Waals surface area contributed by atoms with Gasteiger partial charge in [0.2, 0.25) is 0 Å². The number of benzene rings is 2. The van der Waals surface area contributed by atoms with Gasteiger partial charge in [-0.2, -0.15) is 5.10 Å². The Morgan fingerprint density at radius 2 is 1.76 bits per heavy atom. The van der Waals surface area contributed by atoms with E-state index in [-0.39, 0.29) is 17.7 Å². The van der Waals surface area contributed by atoms with Crippen LogP contribution in [0.4, 0.5) is 8.78 Å². The summed E-state index contributed by atoms with van der Waals surface area (Å²) < 4.78 is 27.4. The monoisotopic (exact) mass is 343 g/mol. The number of nitrogens with one attached hydrogen (secondary N) is 2. The summed E-state index contributed by atoms with van der Waals surface area (Å²) in [6.45, 7) is 1.64. The van der Waals surface area contributed by atoms with E-state index in [4.69, 9.17) is 0 Å². The van der Waals surface area contributed by atoms with Crippen LogP contribution in [0.3, 0.4) is 0 Å². The van der Waals surface area contributed by atoms with E-state index in [0.29, 0.717) is 10.8 Å². The fraction of sp³-hybridized carbons (Fsp3) is 0.167. The Hall–Kier alpha value is -3.09. The zero-order valence-electron chi connectivity index (χ0n) is 13.3. The third kappa shape index (κ3) is 3.40. The molecule has 2 aromatic carbocycles. The van der Waals surface area contributed by atoms with Crippen LogP contribution in [0.1, 0.15) is 23.0 Å². The molecule has 0 aliphatic heterocycles. The lowest BCUT2D eigenvalue weighted by molar-refractivity contribution is 0.0935. The minimum Gasteiger partial charge on any atom is -0.348 e. The van der Waals surface area contributed by atoms with Crippen LogP contribution < -0.4 is 10.9 Å². The lowest BCUT2D eigenvalue weighted by Gasteiger charge is -2.15. The Balaban J connectivity index is 1.83. The van der Waals surface area contributed by atoms with Crippen molar-refractivity contribution in [2.45, 2.75) is 19.4 Å². The first-order chi connectivity index (χ1) is 12.0. The van der Waals surface area contributed by atoms with E-state index in [1.54, 1.807) is 31.2 Å². The summed E-state index contributed by atoms with van der Waals surface area (Å²) in [7, 11) is 0. The summed E-state index contributed by atoms with van der Waals surface area (Å²) in [5, 5.41) is 9.49. The first-order valence-corrected chi connectivity index (χ1v) is 7.68. The fourth-order valence-corrected chi connectivity index (χ4v) is 2.66. The van der Waals surface area contributed by atoms with Crippen LogP contribution in [-0.4, -0.2) is 22.1 Å². The van der Waals surface area contributed by atoms with E-state index in [0.717, 1.165) is 0 Å². The average molecular weight is 343 g/mol. The van der Waals surface area contributed by atoms with E-state index < -0.39 is 29.1 Å². The van der Waals surface area contributed by atoms with E-state index in [2.05, 4.69) is 15.5 Å². The van der Waals surface area contributed by atoms with Crippen molar-refractivity contribution < 1.29 is 13.6 Å². The van der Waals surface area contributed by atoms with Crippen LogP contribution in [0.5, 0.6) is 0 Å². The standard InChI is InChI=1S/C18H15F2N3O2/c1-10(9-13-14(19)7-4-8-15(13)20)21-18(25)16-11-5-2-3-6-12(11)17(24)23-22-16/h2-8,10H,9H2,1H3,(H,21,25)(H,23,24). The maximum absolute atomic E-state index is 13.7. The van der Waals surface area contributed by atoms with Crippen LogP contribution in [0, 0.1) is 11.6 Å². The highest BCUT2D eigenvalue weighted by Crippen LogP contribution is 2.15. The Labute approximate surface area is 141 Å². The van der Waals surface area contributed by atoms with Crippen molar-refractivity contribution in [2.24, 2.45) is 0 Å². The molecule has 1 aromatic heterocycles. The van der Waals surface area contributed by atoms with E-state index in [1.807, 2.05) is 0 Å². The van der Waals surface area contributed by atoms with Gasteiger partial charge in [-0.15, -0.1) is 0 Å². The summed E-state index contributed by atoms with van der Waals surface area (Å²) in [5.41, 5.74) is -0.431. The SMILES string of the molecule is CC(Cc1c(F)cccc1F)NC(=O)c1n[nH]c(=O)c2ccccc12. The predicted molar refractivity (Wildman–Crippen MR) is 89.4 cm³/mol. The number of carbonyl (C=O) groups excluding carboxylic acids is 1. The van der Waals surface area contributed by atoms with Gasteiger partial charge in [-0.1, -0.05) is 24.3 Å². The smallest absolute Gasteiger partial charge is 0.272 e. The number of fused-ring (bicyclic) bond motifs is 1. The van der Waals surface area contributed by atoms with Crippen molar-refractivity contribution in [3.05, 3.63) is 75.7 Å². The normalized spacial score (nSPS) is 12.1. The number of hydrogen-bond donors (Lipinski definition) is 2. The third-order valence-corrected chi connectivity index (χ3v) is 3.86.